The molecule has 2 fully saturated rings. The number of rotatable bonds is 6. The molecule has 1 atom stereocenters. The number of benzene rings is 1. The van der Waals surface area contributed by atoms with Gasteiger partial charge in [0.25, 0.3) is 0 Å². The summed E-state index contributed by atoms with van der Waals surface area (Å²) in [6.45, 7) is 1.10. The van der Waals surface area contributed by atoms with Gasteiger partial charge in [-0.1, -0.05) is 12.1 Å². The Kier molecular flexibility index (Phi) is 5.27. The summed E-state index contributed by atoms with van der Waals surface area (Å²) < 4.78 is 37.3. The number of para-hydroxylation sites is 1. The third kappa shape index (κ3) is 5.14. The maximum absolute atomic E-state index is 12.4. The molecule has 1 aliphatic carbocycles. The minimum atomic E-state index is -4.27. The van der Waals surface area contributed by atoms with E-state index < -0.39 is 17.8 Å². The lowest BCUT2D eigenvalue weighted by molar-refractivity contribution is -0.128. The molecule has 0 aromatic heterocycles. The Balaban J connectivity index is 1.60. The molecule has 4 nitrogen and oxygen atoms in total. The van der Waals surface area contributed by atoms with Gasteiger partial charge in [0.1, 0.15) is 0 Å². The van der Waals surface area contributed by atoms with Crippen molar-refractivity contribution in [3.05, 3.63) is 24.3 Å². The molecule has 1 aliphatic heterocycles. The number of halogens is 3. The number of hydrogen-bond donors (Lipinski definition) is 1. The Hall–Kier alpha value is -1.70. The highest BCUT2D eigenvalue weighted by atomic mass is 32.2. The van der Waals surface area contributed by atoms with Crippen LogP contribution < -0.4 is 5.32 Å². The molecule has 0 radical (unpaired) electrons. The van der Waals surface area contributed by atoms with Crippen LogP contribution >= 0.6 is 11.8 Å². The molecule has 0 spiro atoms. The topological polar surface area (TPSA) is 49.4 Å². The lowest BCUT2D eigenvalue weighted by Crippen LogP contribution is -2.30. The summed E-state index contributed by atoms with van der Waals surface area (Å²) in [5, 5.41) is 2.69. The number of thioether (sulfide) groups is 1. The van der Waals surface area contributed by atoms with E-state index >= 15 is 0 Å². The lowest BCUT2D eigenvalue weighted by Gasteiger charge is -2.17. The fraction of sp³-hybridized carbons (Fsp3) is 0.529. The van der Waals surface area contributed by atoms with E-state index in [4.69, 9.17) is 0 Å². The van der Waals surface area contributed by atoms with Crippen molar-refractivity contribution in [2.45, 2.75) is 30.3 Å². The minimum Gasteiger partial charge on any atom is -0.342 e. The molecular formula is C17H19F3N2O2S. The molecule has 1 saturated heterocycles. The summed E-state index contributed by atoms with van der Waals surface area (Å²) in [7, 11) is 0. The Morgan fingerprint density at radius 1 is 1.28 bits per heavy atom. The Morgan fingerprint density at radius 3 is 2.68 bits per heavy atom. The molecule has 1 heterocycles. The average Bonchev–Trinajstić information content (AvgIpc) is 3.28. The molecule has 25 heavy (non-hydrogen) atoms. The molecule has 0 bridgehead atoms. The molecule has 1 aromatic rings. The number of amides is 2. The first-order chi connectivity index (χ1) is 11.8. The first-order valence-electron chi connectivity index (χ1n) is 8.19. The van der Waals surface area contributed by atoms with Crippen molar-refractivity contribution >= 4 is 29.3 Å². The van der Waals surface area contributed by atoms with Gasteiger partial charge in [-0.2, -0.15) is 13.2 Å². The molecule has 3 rings (SSSR count). The second-order valence-corrected chi connectivity index (χ2v) is 7.55. The molecule has 1 aromatic carbocycles. The van der Waals surface area contributed by atoms with Gasteiger partial charge in [-0.05, 0) is 30.9 Å². The van der Waals surface area contributed by atoms with E-state index in [1.165, 1.54) is 0 Å². The fourth-order valence-corrected chi connectivity index (χ4v) is 3.60. The summed E-state index contributed by atoms with van der Waals surface area (Å²) in [5.74, 6) is -1.24. The van der Waals surface area contributed by atoms with Crippen molar-refractivity contribution in [3.63, 3.8) is 0 Å². The monoisotopic (exact) mass is 372 g/mol. The van der Waals surface area contributed by atoms with Gasteiger partial charge in [0.05, 0.1) is 17.4 Å². The van der Waals surface area contributed by atoms with Crippen molar-refractivity contribution < 1.29 is 22.8 Å². The number of anilines is 1. The van der Waals surface area contributed by atoms with Gasteiger partial charge in [0.2, 0.25) is 11.8 Å². The van der Waals surface area contributed by atoms with Crippen LogP contribution in [0.25, 0.3) is 0 Å². The van der Waals surface area contributed by atoms with Crippen molar-refractivity contribution in [1.82, 2.24) is 4.90 Å². The second kappa shape index (κ2) is 7.27. The van der Waals surface area contributed by atoms with Gasteiger partial charge < -0.3 is 10.2 Å². The zero-order valence-electron chi connectivity index (χ0n) is 13.5. The molecule has 0 unspecified atom stereocenters. The van der Waals surface area contributed by atoms with Crippen molar-refractivity contribution in [2.24, 2.45) is 11.8 Å². The summed E-state index contributed by atoms with van der Waals surface area (Å²) in [6, 6.07) is 6.41. The van der Waals surface area contributed by atoms with Gasteiger partial charge in [0, 0.05) is 24.4 Å². The molecule has 1 saturated carbocycles. The Labute approximate surface area is 148 Å². The maximum atomic E-state index is 12.4. The predicted molar refractivity (Wildman–Crippen MR) is 89.3 cm³/mol. The van der Waals surface area contributed by atoms with Gasteiger partial charge in [-0.3, -0.25) is 9.59 Å². The summed E-state index contributed by atoms with van der Waals surface area (Å²) in [4.78, 5) is 26.5. The highest BCUT2D eigenvalue weighted by Crippen LogP contribution is 2.34. The molecule has 1 N–H and O–H groups in total. The average molecular weight is 372 g/mol. The van der Waals surface area contributed by atoms with E-state index in [2.05, 4.69) is 5.32 Å². The number of alkyl halides is 3. The normalized spacial score (nSPS) is 20.8. The quantitative estimate of drug-likeness (QED) is 0.777. The lowest BCUT2D eigenvalue weighted by atomic mass is 10.1. The van der Waals surface area contributed by atoms with Crippen LogP contribution in [-0.4, -0.2) is 41.7 Å². The maximum Gasteiger partial charge on any atom is 0.398 e. The third-order valence-electron chi connectivity index (χ3n) is 4.30. The fourth-order valence-electron chi connectivity index (χ4n) is 2.83. The third-order valence-corrected chi connectivity index (χ3v) is 5.44. The summed E-state index contributed by atoms with van der Waals surface area (Å²) >= 11 is 0.639. The minimum absolute atomic E-state index is 0.0215. The smallest absolute Gasteiger partial charge is 0.342 e. The van der Waals surface area contributed by atoms with E-state index in [1.807, 2.05) is 0 Å². The molecule has 8 heteroatoms. The first kappa shape index (κ1) is 18.1. The standard InChI is InChI=1S/C17H19F3N2O2S/c18-17(19,20)10-25-14-4-2-1-3-13(14)21-16(24)12-7-15(23)22(9-12)8-11-5-6-11/h1-4,11-12H,5-10H2,(H,21,24)/t12-/m1/s1. The highest BCUT2D eigenvalue weighted by molar-refractivity contribution is 7.99. The molecule has 2 aliphatic rings. The second-order valence-electron chi connectivity index (χ2n) is 6.53. The number of hydrogen-bond acceptors (Lipinski definition) is 3. The van der Waals surface area contributed by atoms with Crippen LogP contribution in [-0.2, 0) is 9.59 Å². The summed E-state index contributed by atoms with van der Waals surface area (Å²) in [6.07, 6.45) is -1.85. The number of carbonyl (C=O) groups is 2. The molecule has 136 valence electrons. The van der Waals surface area contributed by atoms with Crippen LogP contribution in [0.4, 0.5) is 18.9 Å². The molecular weight excluding hydrogens is 353 g/mol. The summed E-state index contributed by atoms with van der Waals surface area (Å²) in [5.41, 5.74) is 0.356. The van der Waals surface area contributed by atoms with Crippen molar-refractivity contribution in [2.75, 3.05) is 24.2 Å². The van der Waals surface area contributed by atoms with Gasteiger partial charge in [-0.15, -0.1) is 11.8 Å². The van der Waals surface area contributed by atoms with Gasteiger partial charge in [-0.25, -0.2) is 0 Å². The Morgan fingerprint density at radius 2 is 2.00 bits per heavy atom. The van der Waals surface area contributed by atoms with Crippen molar-refractivity contribution in [3.8, 4) is 0 Å². The zero-order chi connectivity index (χ0) is 18.0. The number of likely N-dealkylation sites (tertiary alicyclic amines) is 1. The largest absolute Gasteiger partial charge is 0.398 e. The van der Waals surface area contributed by atoms with E-state index in [0.29, 0.717) is 41.4 Å². The van der Waals surface area contributed by atoms with E-state index in [9.17, 15) is 22.8 Å². The van der Waals surface area contributed by atoms with Crippen LogP contribution in [0.2, 0.25) is 0 Å². The number of nitrogens with zero attached hydrogens (tertiary/aromatic N) is 1. The predicted octanol–water partition coefficient (Wildman–Crippen LogP) is 3.54. The van der Waals surface area contributed by atoms with Crippen molar-refractivity contribution in [1.29, 1.82) is 0 Å². The van der Waals surface area contributed by atoms with Crippen LogP contribution in [0.1, 0.15) is 19.3 Å². The van der Waals surface area contributed by atoms with Gasteiger partial charge in [0.15, 0.2) is 0 Å². The van der Waals surface area contributed by atoms with E-state index in [0.717, 1.165) is 12.8 Å². The first-order valence-corrected chi connectivity index (χ1v) is 9.17. The number of nitrogens with one attached hydrogen (secondary N) is 1. The van der Waals surface area contributed by atoms with Crippen LogP contribution in [0.5, 0.6) is 0 Å². The Bertz CT molecular complexity index is 662. The van der Waals surface area contributed by atoms with Crippen LogP contribution in [0, 0.1) is 11.8 Å². The van der Waals surface area contributed by atoms with Crippen LogP contribution in [0.3, 0.4) is 0 Å². The molecule has 2 amide bonds. The van der Waals surface area contributed by atoms with E-state index in [-0.39, 0.29) is 18.2 Å². The van der Waals surface area contributed by atoms with Gasteiger partial charge >= 0.3 is 6.18 Å². The zero-order valence-corrected chi connectivity index (χ0v) is 14.3. The van der Waals surface area contributed by atoms with E-state index in [1.54, 1.807) is 29.2 Å². The highest BCUT2D eigenvalue weighted by Gasteiger charge is 2.37. The SMILES string of the molecule is O=C(Nc1ccccc1SCC(F)(F)F)[C@@H]1CC(=O)N(CC2CC2)C1. The van der Waals surface area contributed by atoms with Crippen LogP contribution in [0.15, 0.2) is 29.2 Å². The number of carbonyl (C=O) groups excluding carboxylic acids is 2.